The predicted molar refractivity (Wildman–Crippen MR) is 130 cm³/mol. The Hall–Kier alpha value is -1.01. The van der Waals surface area contributed by atoms with Gasteiger partial charge in [0.05, 0.1) is 19.3 Å². The fraction of sp³-hybridized carbons (Fsp3) is 0.667. The van der Waals surface area contributed by atoms with Crippen LogP contribution in [-0.4, -0.2) is 107 Å². The summed E-state index contributed by atoms with van der Waals surface area (Å²) in [6.45, 7) is 7.98. The lowest BCUT2D eigenvalue weighted by atomic mass is 10.0. The molecular weight excluding hydrogens is 498 g/mol. The molecule has 2 aliphatic rings. The third kappa shape index (κ3) is 7.30. The molecule has 2 saturated heterocycles. The van der Waals surface area contributed by atoms with Crippen molar-refractivity contribution < 1.29 is 9.13 Å². The van der Waals surface area contributed by atoms with Crippen molar-refractivity contribution in [1.82, 2.24) is 25.3 Å². The standard InChI is InChI=1S/C21H35FN6O.HI/c1-23-21(24-14-19-16-26(2)8-9-27(19)3)25-15-20(28-10-12-29-13-11-28)17-4-6-18(22)7-5-17;/h4-7,19-20H,8-16H2,1-3H3,(H2,23,24,25);1H. The van der Waals surface area contributed by atoms with E-state index < -0.39 is 0 Å². The van der Waals surface area contributed by atoms with Crippen molar-refractivity contribution in [2.75, 3.05) is 80.2 Å². The lowest BCUT2D eigenvalue weighted by Crippen LogP contribution is -2.55. The minimum absolute atomic E-state index is 0. The number of halogens is 2. The molecule has 170 valence electrons. The van der Waals surface area contributed by atoms with Crippen molar-refractivity contribution in [3.63, 3.8) is 0 Å². The summed E-state index contributed by atoms with van der Waals surface area (Å²) in [4.78, 5) is 11.6. The molecular formula is C21H36FIN6O. The number of aliphatic imine (C=N–C) groups is 1. The molecule has 0 spiro atoms. The first-order chi connectivity index (χ1) is 14.1. The Morgan fingerprint density at radius 1 is 1.13 bits per heavy atom. The van der Waals surface area contributed by atoms with Crippen molar-refractivity contribution >= 4 is 29.9 Å². The van der Waals surface area contributed by atoms with Crippen LogP contribution in [-0.2, 0) is 4.74 Å². The quantitative estimate of drug-likeness (QED) is 0.326. The van der Waals surface area contributed by atoms with Gasteiger partial charge in [-0.15, -0.1) is 24.0 Å². The van der Waals surface area contributed by atoms with E-state index in [1.54, 1.807) is 7.05 Å². The molecule has 2 heterocycles. The van der Waals surface area contributed by atoms with Gasteiger partial charge in [0.25, 0.3) is 0 Å². The Kier molecular flexibility index (Phi) is 10.7. The van der Waals surface area contributed by atoms with Crippen molar-refractivity contribution in [3.8, 4) is 0 Å². The number of benzene rings is 1. The molecule has 3 rings (SSSR count). The molecule has 0 bridgehead atoms. The van der Waals surface area contributed by atoms with Crippen LogP contribution >= 0.6 is 24.0 Å². The van der Waals surface area contributed by atoms with E-state index in [4.69, 9.17) is 4.74 Å². The second kappa shape index (κ2) is 12.7. The average molecular weight is 534 g/mol. The molecule has 2 fully saturated rings. The van der Waals surface area contributed by atoms with Crippen LogP contribution in [0.1, 0.15) is 11.6 Å². The SMILES string of the molecule is CN=C(NCC1CN(C)CCN1C)NCC(c1ccc(F)cc1)N1CCOCC1.I. The third-order valence-corrected chi connectivity index (χ3v) is 5.91. The molecule has 0 aliphatic carbocycles. The number of nitrogens with one attached hydrogen (secondary N) is 2. The van der Waals surface area contributed by atoms with E-state index in [1.807, 2.05) is 12.1 Å². The average Bonchev–Trinajstić information content (AvgIpc) is 2.74. The van der Waals surface area contributed by atoms with Crippen LogP contribution in [0.25, 0.3) is 0 Å². The second-order valence-corrected chi connectivity index (χ2v) is 7.95. The van der Waals surface area contributed by atoms with E-state index in [-0.39, 0.29) is 35.8 Å². The van der Waals surface area contributed by atoms with E-state index in [1.165, 1.54) is 12.1 Å². The summed E-state index contributed by atoms with van der Waals surface area (Å²) in [5.74, 6) is 0.591. The lowest BCUT2D eigenvalue weighted by molar-refractivity contribution is 0.0169. The van der Waals surface area contributed by atoms with E-state index in [9.17, 15) is 4.39 Å². The van der Waals surface area contributed by atoms with Crippen molar-refractivity contribution in [2.45, 2.75) is 12.1 Å². The minimum atomic E-state index is -0.207. The fourth-order valence-corrected chi connectivity index (χ4v) is 3.98. The summed E-state index contributed by atoms with van der Waals surface area (Å²) in [5.41, 5.74) is 1.10. The van der Waals surface area contributed by atoms with Gasteiger partial charge in [0.15, 0.2) is 5.96 Å². The van der Waals surface area contributed by atoms with Gasteiger partial charge in [-0.2, -0.15) is 0 Å². The Morgan fingerprint density at radius 3 is 2.50 bits per heavy atom. The van der Waals surface area contributed by atoms with E-state index in [2.05, 4.69) is 44.4 Å². The van der Waals surface area contributed by atoms with Crippen molar-refractivity contribution in [1.29, 1.82) is 0 Å². The molecule has 9 heteroatoms. The highest BCUT2D eigenvalue weighted by molar-refractivity contribution is 14.0. The maximum absolute atomic E-state index is 13.4. The molecule has 2 aliphatic heterocycles. The van der Waals surface area contributed by atoms with Gasteiger partial charge in [-0.1, -0.05) is 12.1 Å². The minimum Gasteiger partial charge on any atom is -0.379 e. The van der Waals surface area contributed by atoms with Gasteiger partial charge in [-0.3, -0.25) is 14.8 Å². The topological polar surface area (TPSA) is 55.4 Å². The van der Waals surface area contributed by atoms with Crippen LogP contribution in [0.3, 0.4) is 0 Å². The molecule has 2 atom stereocenters. The molecule has 2 N–H and O–H groups in total. The molecule has 1 aromatic carbocycles. The first-order valence-corrected chi connectivity index (χ1v) is 10.5. The number of hydrogen-bond donors (Lipinski definition) is 2. The largest absolute Gasteiger partial charge is 0.379 e. The number of guanidine groups is 1. The molecule has 0 aromatic heterocycles. The van der Waals surface area contributed by atoms with Gasteiger partial charge >= 0.3 is 0 Å². The van der Waals surface area contributed by atoms with E-state index in [0.717, 1.165) is 64.0 Å². The van der Waals surface area contributed by atoms with E-state index >= 15 is 0 Å². The summed E-state index contributed by atoms with van der Waals surface area (Å²) in [6.07, 6.45) is 0. The lowest BCUT2D eigenvalue weighted by Gasteiger charge is -2.38. The zero-order valence-corrected chi connectivity index (χ0v) is 20.6. The van der Waals surface area contributed by atoms with Gasteiger partial charge < -0.3 is 20.3 Å². The molecule has 0 saturated carbocycles. The van der Waals surface area contributed by atoms with Crippen LogP contribution in [0.5, 0.6) is 0 Å². The van der Waals surface area contributed by atoms with Gasteiger partial charge in [0.1, 0.15) is 5.82 Å². The Bertz CT molecular complexity index is 655. The van der Waals surface area contributed by atoms with Crippen molar-refractivity contribution in [2.24, 2.45) is 4.99 Å². The molecule has 0 radical (unpaired) electrons. The van der Waals surface area contributed by atoms with Crippen LogP contribution in [0.4, 0.5) is 4.39 Å². The molecule has 0 amide bonds. The fourth-order valence-electron chi connectivity index (χ4n) is 3.98. The van der Waals surface area contributed by atoms with Crippen molar-refractivity contribution in [3.05, 3.63) is 35.6 Å². The highest BCUT2D eigenvalue weighted by Crippen LogP contribution is 2.21. The van der Waals surface area contributed by atoms with Gasteiger partial charge in [-0.25, -0.2) is 4.39 Å². The smallest absolute Gasteiger partial charge is 0.191 e. The van der Waals surface area contributed by atoms with E-state index in [0.29, 0.717) is 12.6 Å². The van der Waals surface area contributed by atoms with Gasteiger partial charge in [0.2, 0.25) is 0 Å². The van der Waals surface area contributed by atoms with Crippen LogP contribution < -0.4 is 10.6 Å². The maximum Gasteiger partial charge on any atom is 0.191 e. The zero-order chi connectivity index (χ0) is 20.6. The number of hydrogen-bond acceptors (Lipinski definition) is 5. The number of piperazine rings is 1. The maximum atomic E-state index is 13.4. The first kappa shape index (κ1) is 25.3. The van der Waals surface area contributed by atoms with Crippen LogP contribution in [0.15, 0.2) is 29.3 Å². The summed E-state index contributed by atoms with van der Waals surface area (Å²) >= 11 is 0. The number of ether oxygens (including phenoxy) is 1. The molecule has 2 unspecified atom stereocenters. The summed E-state index contributed by atoms with van der Waals surface area (Å²) < 4.78 is 18.9. The predicted octanol–water partition coefficient (Wildman–Crippen LogP) is 1.23. The first-order valence-electron chi connectivity index (χ1n) is 10.5. The Morgan fingerprint density at radius 2 is 1.83 bits per heavy atom. The molecule has 30 heavy (non-hydrogen) atoms. The molecule has 1 aromatic rings. The monoisotopic (exact) mass is 534 g/mol. The highest BCUT2D eigenvalue weighted by atomic mass is 127. The molecule has 7 nitrogen and oxygen atoms in total. The number of morpholine rings is 1. The second-order valence-electron chi connectivity index (χ2n) is 7.95. The highest BCUT2D eigenvalue weighted by Gasteiger charge is 2.24. The summed E-state index contributed by atoms with van der Waals surface area (Å²) in [5, 5.41) is 6.95. The van der Waals surface area contributed by atoms with Gasteiger partial charge in [0, 0.05) is 58.9 Å². The van der Waals surface area contributed by atoms with Crippen LogP contribution in [0.2, 0.25) is 0 Å². The van der Waals surface area contributed by atoms with Gasteiger partial charge in [-0.05, 0) is 31.8 Å². The Balaban J connectivity index is 0.00000320. The number of nitrogens with zero attached hydrogens (tertiary/aromatic N) is 4. The third-order valence-electron chi connectivity index (χ3n) is 5.91. The Labute approximate surface area is 197 Å². The summed E-state index contributed by atoms with van der Waals surface area (Å²) in [7, 11) is 6.15. The normalized spacial score (nSPS) is 22.9. The van der Waals surface area contributed by atoms with Crippen LogP contribution in [0, 0.1) is 5.82 Å². The number of rotatable bonds is 6. The zero-order valence-electron chi connectivity index (χ0n) is 18.3. The number of likely N-dealkylation sites (N-methyl/N-ethyl adjacent to an activating group) is 2. The summed E-state index contributed by atoms with van der Waals surface area (Å²) in [6, 6.07) is 7.41.